The van der Waals surface area contributed by atoms with Gasteiger partial charge in [-0.25, -0.2) is 4.98 Å². The molecule has 7 atom stereocenters. The number of likely N-dealkylation sites (tertiary alicyclic amines) is 1. The lowest BCUT2D eigenvalue weighted by molar-refractivity contribution is -0.160. The Morgan fingerprint density at radius 3 is 2.32 bits per heavy atom. The van der Waals surface area contributed by atoms with Gasteiger partial charge in [0.1, 0.15) is 22.5 Å². The van der Waals surface area contributed by atoms with Crippen molar-refractivity contribution >= 4 is 55.1 Å². The highest BCUT2D eigenvalue weighted by atomic mass is 32.1. The second kappa shape index (κ2) is 26.8. The zero-order chi connectivity index (χ0) is 48.4. The smallest absolute Gasteiger partial charge is 0.307 e. The summed E-state index contributed by atoms with van der Waals surface area (Å²) in [4.78, 5) is 99.7. The van der Waals surface area contributed by atoms with Crippen LogP contribution in [0.1, 0.15) is 140 Å². The second-order valence-electron chi connectivity index (χ2n) is 19.0. The molecule has 1 saturated heterocycles. The van der Waals surface area contributed by atoms with Gasteiger partial charge >= 0.3 is 11.9 Å². The topological polar surface area (TPSA) is 205 Å². The summed E-state index contributed by atoms with van der Waals surface area (Å²) in [6, 6.07) is 5.48. The summed E-state index contributed by atoms with van der Waals surface area (Å²) in [6.07, 6.45) is 4.61. The Hall–Kier alpha value is -4.19. The first-order chi connectivity index (χ1) is 30.6. The van der Waals surface area contributed by atoms with Crippen molar-refractivity contribution in [3.63, 3.8) is 0 Å². The number of ether oxygens (including phenoxy) is 2. The molecule has 0 bridgehead atoms. The highest BCUT2D eigenvalue weighted by Gasteiger charge is 2.39. The van der Waals surface area contributed by atoms with Crippen LogP contribution in [0.2, 0.25) is 19.1 Å². The van der Waals surface area contributed by atoms with Crippen molar-refractivity contribution in [1.82, 2.24) is 25.4 Å². The van der Waals surface area contributed by atoms with Crippen molar-refractivity contribution in [2.24, 2.45) is 23.7 Å². The van der Waals surface area contributed by atoms with Crippen LogP contribution in [-0.4, -0.2) is 113 Å². The van der Waals surface area contributed by atoms with E-state index in [-0.39, 0.29) is 78.8 Å². The van der Waals surface area contributed by atoms with Crippen molar-refractivity contribution in [3.8, 4) is 5.75 Å². The molecule has 0 spiro atoms. The van der Waals surface area contributed by atoms with Gasteiger partial charge in [0, 0.05) is 50.1 Å². The number of aromatic nitrogens is 1. The van der Waals surface area contributed by atoms with Gasteiger partial charge in [-0.05, 0) is 107 Å². The number of esters is 2. The second-order valence-corrected chi connectivity index (χ2v) is 24.0. The highest BCUT2D eigenvalue weighted by molar-refractivity contribution is 7.09. The highest BCUT2D eigenvalue weighted by Crippen LogP contribution is 2.33. The normalized spacial score (nSPS) is 17.3. The van der Waals surface area contributed by atoms with Crippen LogP contribution in [0.25, 0.3) is 0 Å². The molecule has 0 aliphatic carbocycles. The van der Waals surface area contributed by atoms with Gasteiger partial charge in [0.25, 0.3) is 0 Å². The van der Waals surface area contributed by atoms with E-state index in [0.29, 0.717) is 56.1 Å². The summed E-state index contributed by atoms with van der Waals surface area (Å²) < 4.78 is 11.6. The summed E-state index contributed by atoms with van der Waals surface area (Å²) in [5.74, 6) is -3.14. The molecule has 1 aromatic carbocycles. The third kappa shape index (κ3) is 18.5. The fourth-order valence-electron chi connectivity index (χ4n) is 8.28. The van der Waals surface area contributed by atoms with Gasteiger partial charge in [0.15, 0.2) is 26.9 Å². The molecular weight excluding hydrogens is 867 g/mol. The van der Waals surface area contributed by atoms with Crippen LogP contribution in [0.5, 0.6) is 5.75 Å². The van der Waals surface area contributed by atoms with Crippen molar-refractivity contribution in [1.29, 1.82) is 0 Å². The minimum Gasteiger partial charge on any atom is -0.508 e. The summed E-state index contributed by atoms with van der Waals surface area (Å²) in [7, 11) is -0.321. The molecule has 364 valence electrons. The largest absolute Gasteiger partial charge is 0.508 e. The predicted molar refractivity (Wildman–Crippen MR) is 254 cm³/mol. The maximum atomic E-state index is 14.9. The lowest BCUT2D eigenvalue weighted by atomic mass is 9.85. The fourth-order valence-corrected chi connectivity index (χ4v) is 10.2. The number of thiazole rings is 1. The first-order valence-electron chi connectivity index (χ1n) is 23.5. The van der Waals surface area contributed by atoms with Crippen LogP contribution in [-0.2, 0) is 39.9 Å². The van der Waals surface area contributed by atoms with Gasteiger partial charge in [-0.1, -0.05) is 66.5 Å². The van der Waals surface area contributed by atoms with Gasteiger partial charge < -0.3 is 34.9 Å². The molecule has 15 nitrogen and oxygen atoms in total. The molecule has 0 saturated carbocycles. The van der Waals surface area contributed by atoms with E-state index < -0.39 is 50.3 Å². The van der Waals surface area contributed by atoms with Gasteiger partial charge in [-0.15, -0.1) is 11.3 Å². The number of piperidine rings is 1. The van der Waals surface area contributed by atoms with E-state index in [0.717, 1.165) is 36.3 Å². The number of aromatic hydroxyl groups is 1. The number of nitrogens with one attached hydrogen (secondary N) is 2. The van der Waals surface area contributed by atoms with Crippen molar-refractivity contribution in [2.75, 3.05) is 26.9 Å². The zero-order valence-electron chi connectivity index (χ0n) is 40.5. The molecule has 1 aromatic heterocycles. The van der Waals surface area contributed by atoms with Gasteiger partial charge in [0.05, 0.1) is 6.04 Å². The number of rotatable bonds is 27. The Labute approximate surface area is 391 Å². The number of hydrogen-bond acceptors (Lipinski definition) is 13. The third-order valence-electron chi connectivity index (χ3n) is 12.3. The van der Waals surface area contributed by atoms with Crippen LogP contribution < -0.4 is 10.6 Å². The van der Waals surface area contributed by atoms with Crippen molar-refractivity contribution in [3.05, 3.63) is 45.9 Å². The molecule has 1 aliphatic heterocycles. The number of hydrogen-bond donors (Lipinski definition) is 4. The maximum absolute atomic E-state index is 14.9. The average molecular weight is 944 g/mol. The Morgan fingerprint density at radius 2 is 1.72 bits per heavy atom. The molecule has 2 heterocycles. The number of amides is 3. The standard InChI is InChI=1S/C48H77N5O10SSi/c1-11-16-43(57)62-30-53(48(60)44(32(5)12-2)51-46(59)39-17-13-14-23-52(39)8)40(31(3)4)28-42(63-34(7)54)47-50-38(29-64-47)41(56)27-36(26-35-18-20-37(55)21-19-35)25-33(6)45(58)49-22-15-24-65(9,10)61/h18-21,29,31-33,36,39-40,42,44,55,61H,11-17,22-28,30H2,1-10H3,(H,49,58)(H,51,59)/t32?,33-,36+,39+,40+,42+,44-/m0/s1. The SMILES string of the molecule is CCCC(=O)OCN(C(=O)[C@@H](NC(=O)[C@H]1CCCCN1C)C(C)CC)[C@H](C[C@@H](OC(C)=O)c1nc(C(=O)C[C@@H](Cc2ccc(O)cc2)C[C@H](C)C(=O)NCCC[Si](C)(C)O)cs1)C(C)C. The number of phenols is 1. The summed E-state index contributed by atoms with van der Waals surface area (Å²) in [5, 5.41) is 17.9. The van der Waals surface area contributed by atoms with Crippen LogP contribution in [0.15, 0.2) is 29.6 Å². The zero-order valence-corrected chi connectivity index (χ0v) is 42.3. The Kier molecular flexibility index (Phi) is 22.8. The van der Waals surface area contributed by atoms with Crippen LogP contribution in [0.3, 0.4) is 0 Å². The minimum atomic E-state index is -2.23. The first-order valence-corrected chi connectivity index (χ1v) is 27.6. The monoisotopic (exact) mass is 944 g/mol. The minimum absolute atomic E-state index is 0.0656. The number of benzene rings is 1. The first kappa shape index (κ1) is 55.1. The quantitative estimate of drug-likeness (QED) is 0.0231. The van der Waals surface area contributed by atoms with Crippen LogP contribution in [0.4, 0.5) is 0 Å². The van der Waals surface area contributed by atoms with Crippen LogP contribution >= 0.6 is 11.3 Å². The molecule has 1 aliphatic rings. The molecule has 4 N–H and O–H groups in total. The molecule has 65 heavy (non-hydrogen) atoms. The molecule has 1 unspecified atom stereocenters. The van der Waals surface area contributed by atoms with Gasteiger partial charge in [0.2, 0.25) is 17.7 Å². The number of carbonyl (C=O) groups is 6. The number of likely N-dealkylation sites (N-methyl/N-ethyl adjacent to an activating group) is 1. The molecule has 0 radical (unpaired) electrons. The number of phenolic OH excluding ortho intramolecular Hbond substituents is 1. The summed E-state index contributed by atoms with van der Waals surface area (Å²) >= 11 is 1.16. The third-order valence-corrected chi connectivity index (χ3v) is 14.8. The van der Waals surface area contributed by atoms with Crippen molar-refractivity contribution in [2.45, 2.75) is 162 Å². The number of ketones is 1. The average Bonchev–Trinajstić information content (AvgIpc) is 3.74. The number of Topliss-reactive ketones (excluding diaryl/α,β-unsaturated/α-hetero) is 1. The van der Waals surface area contributed by atoms with E-state index in [1.807, 2.05) is 66.6 Å². The van der Waals surface area contributed by atoms with Gasteiger partial charge in [-0.2, -0.15) is 0 Å². The van der Waals surface area contributed by atoms with E-state index in [4.69, 9.17) is 14.5 Å². The summed E-state index contributed by atoms with van der Waals surface area (Å²) in [5.41, 5.74) is 1.08. The summed E-state index contributed by atoms with van der Waals surface area (Å²) in [6.45, 7) is 17.2. The molecule has 1 fully saturated rings. The van der Waals surface area contributed by atoms with E-state index in [1.165, 1.54) is 11.8 Å². The van der Waals surface area contributed by atoms with E-state index in [9.17, 15) is 38.7 Å². The Morgan fingerprint density at radius 1 is 1.03 bits per heavy atom. The molecule has 17 heteroatoms. The molecule has 2 aromatic rings. The van der Waals surface area contributed by atoms with E-state index in [2.05, 4.69) is 10.6 Å². The maximum Gasteiger partial charge on any atom is 0.307 e. The molecule has 3 amide bonds. The lowest BCUT2D eigenvalue weighted by Crippen LogP contribution is -2.59. The van der Waals surface area contributed by atoms with Gasteiger partial charge in [-0.3, -0.25) is 33.7 Å². The van der Waals surface area contributed by atoms with Crippen LogP contribution in [0, 0.1) is 23.7 Å². The molecular formula is C48H77N5O10SSi. The van der Waals surface area contributed by atoms with E-state index >= 15 is 0 Å². The predicted octanol–water partition coefficient (Wildman–Crippen LogP) is 7.17. The number of nitrogens with zero attached hydrogens (tertiary/aromatic N) is 3. The Balaban J connectivity index is 1.92. The lowest BCUT2D eigenvalue weighted by Gasteiger charge is -2.39. The van der Waals surface area contributed by atoms with Crippen molar-refractivity contribution < 1.29 is 48.1 Å². The molecule has 3 rings (SSSR count). The Bertz CT molecular complexity index is 1850. The van der Waals surface area contributed by atoms with E-state index in [1.54, 1.807) is 29.6 Å². The number of carbonyl (C=O) groups excluding carboxylic acids is 6. The fraction of sp³-hybridized carbons (Fsp3) is 0.688.